The number of nitrogens with zero attached hydrogens (tertiary/aromatic N) is 3. The largest absolute Gasteiger partial charge is 0.345 e. The van der Waals surface area contributed by atoms with Crippen LogP contribution >= 0.6 is 0 Å². The minimum atomic E-state index is -0.421. The topological polar surface area (TPSA) is 92.1 Å². The standard InChI is InChI=1S/C16H12N4O3/c21-16(13-9-18-15-12(13)2-1-6-17-15)19-7-5-10-8-11(20(22)23)3-4-14(10)19/h1-4,6,8-9H,5,7H2,(H,17,18). The van der Waals surface area contributed by atoms with Crippen molar-refractivity contribution in [1.29, 1.82) is 0 Å². The van der Waals surface area contributed by atoms with Crippen molar-refractivity contribution in [2.24, 2.45) is 0 Å². The van der Waals surface area contributed by atoms with E-state index in [-0.39, 0.29) is 11.6 Å². The number of nitro groups is 1. The van der Waals surface area contributed by atoms with Crippen LogP contribution in [0.3, 0.4) is 0 Å². The van der Waals surface area contributed by atoms with E-state index in [1.54, 1.807) is 35.5 Å². The highest BCUT2D eigenvalue weighted by atomic mass is 16.6. The molecule has 4 rings (SSSR count). The molecule has 0 spiro atoms. The Hall–Kier alpha value is -3.22. The van der Waals surface area contributed by atoms with E-state index in [0.717, 1.165) is 16.6 Å². The number of rotatable bonds is 2. The average Bonchev–Trinajstić information content (AvgIpc) is 3.17. The van der Waals surface area contributed by atoms with Crippen LogP contribution in [0.25, 0.3) is 11.0 Å². The van der Waals surface area contributed by atoms with E-state index in [4.69, 9.17) is 0 Å². The fourth-order valence-corrected chi connectivity index (χ4v) is 2.99. The quantitative estimate of drug-likeness (QED) is 0.582. The number of amides is 1. The number of benzene rings is 1. The van der Waals surface area contributed by atoms with Gasteiger partial charge in [-0.2, -0.15) is 0 Å². The molecule has 114 valence electrons. The first-order valence-electron chi connectivity index (χ1n) is 7.16. The minimum absolute atomic E-state index is 0.0503. The molecular formula is C16H12N4O3. The number of aromatic nitrogens is 2. The van der Waals surface area contributed by atoms with Crippen LogP contribution < -0.4 is 4.90 Å². The number of H-pyrrole nitrogens is 1. The Morgan fingerprint density at radius 1 is 1.35 bits per heavy atom. The molecule has 7 nitrogen and oxygen atoms in total. The second-order valence-electron chi connectivity index (χ2n) is 5.38. The second kappa shape index (κ2) is 4.91. The SMILES string of the molecule is O=C(c1c[nH]c2ncccc12)N1CCc2cc([N+](=O)[O-])ccc21. The molecule has 0 fully saturated rings. The number of carbonyl (C=O) groups is 1. The summed E-state index contributed by atoms with van der Waals surface area (Å²) < 4.78 is 0. The zero-order chi connectivity index (χ0) is 16.0. The maximum atomic E-state index is 12.8. The maximum absolute atomic E-state index is 12.8. The molecule has 1 aliphatic rings. The van der Waals surface area contributed by atoms with Gasteiger partial charge in [0.1, 0.15) is 5.65 Å². The number of nitro benzene ring substituents is 1. The number of anilines is 1. The third kappa shape index (κ3) is 2.05. The Bertz CT molecular complexity index is 947. The number of fused-ring (bicyclic) bond motifs is 2. The summed E-state index contributed by atoms with van der Waals surface area (Å²) in [5, 5.41) is 11.6. The van der Waals surface area contributed by atoms with E-state index in [0.29, 0.717) is 24.2 Å². The number of non-ortho nitro benzene ring substituents is 1. The number of nitrogens with one attached hydrogen (secondary N) is 1. The van der Waals surface area contributed by atoms with Gasteiger partial charge in [0, 0.05) is 42.1 Å². The molecule has 7 heteroatoms. The molecular weight excluding hydrogens is 296 g/mol. The lowest BCUT2D eigenvalue weighted by molar-refractivity contribution is -0.384. The molecule has 0 bridgehead atoms. The van der Waals surface area contributed by atoms with Gasteiger partial charge in [-0.1, -0.05) is 0 Å². The predicted molar refractivity (Wildman–Crippen MR) is 84.6 cm³/mol. The number of pyridine rings is 1. The molecule has 0 aliphatic carbocycles. The van der Waals surface area contributed by atoms with Gasteiger partial charge in [-0.05, 0) is 30.2 Å². The highest BCUT2D eigenvalue weighted by Gasteiger charge is 2.28. The van der Waals surface area contributed by atoms with Crippen molar-refractivity contribution in [3.63, 3.8) is 0 Å². The Morgan fingerprint density at radius 2 is 2.22 bits per heavy atom. The predicted octanol–water partition coefficient (Wildman–Crippen LogP) is 2.67. The fourth-order valence-electron chi connectivity index (χ4n) is 2.99. The minimum Gasteiger partial charge on any atom is -0.345 e. The number of aromatic amines is 1. The van der Waals surface area contributed by atoms with Gasteiger partial charge in [-0.15, -0.1) is 0 Å². The van der Waals surface area contributed by atoms with Crippen LogP contribution in [0.2, 0.25) is 0 Å². The summed E-state index contributed by atoms with van der Waals surface area (Å²) in [5.74, 6) is -0.128. The van der Waals surface area contributed by atoms with E-state index in [1.165, 1.54) is 6.07 Å². The van der Waals surface area contributed by atoms with Crippen molar-refractivity contribution in [1.82, 2.24) is 9.97 Å². The number of carbonyl (C=O) groups excluding carboxylic acids is 1. The summed E-state index contributed by atoms with van der Waals surface area (Å²) in [5.41, 5.74) is 2.83. The Balaban J connectivity index is 1.73. The van der Waals surface area contributed by atoms with Gasteiger partial charge < -0.3 is 9.88 Å². The summed E-state index contributed by atoms with van der Waals surface area (Å²) in [7, 11) is 0. The first kappa shape index (κ1) is 13.4. The van der Waals surface area contributed by atoms with E-state index in [9.17, 15) is 14.9 Å². The highest BCUT2D eigenvalue weighted by molar-refractivity contribution is 6.14. The molecule has 0 atom stereocenters. The third-order valence-corrected chi connectivity index (χ3v) is 4.10. The molecule has 2 aromatic heterocycles. The molecule has 0 saturated carbocycles. The summed E-state index contributed by atoms with van der Waals surface area (Å²) >= 11 is 0. The molecule has 3 aromatic rings. The van der Waals surface area contributed by atoms with Gasteiger partial charge in [0.25, 0.3) is 11.6 Å². The zero-order valence-electron chi connectivity index (χ0n) is 12.0. The van der Waals surface area contributed by atoms with E-state index in [1.807, 2.05) is 6.07 Å². The molecule has 0 saturated heterocycles. The van der Waals surface area contributed by atoms with Crippen molar-refractivity contribution in [3.05, 3.63) is 64.0 Å². The fraction of sp³-hybridized carbons (Fsp3) is 0.125. The van der Waals surface area contributed by atoms with Gasteiger partial charge in [0.05, 0.1) is 10.5 Å². The van der Waals surface area contributed by atoms with E-state index >= 15 is 0 Å². The zero-order valence-corrected chi connectivity index (χ0v) is 12.0. The monoisotopic (exact) mass is 308 g/mol. The van der Waals surface area contributed by atoms with E-state index in [2.05, 4.69) is 9.97 Å². The van der Waals surface area contributed by atoms with Crippen LogP contribution in [0.5, 0.6) is 0 Å². The van der Waals surface area contributed by atoms with Gasteiger partial charge >= 0.3 is 0 Å². The molecule has 1 aliphatic heterocycles. The Labute approximate surface area is 130 Å². The lowest BCUT2D eigenvalue weighted by Gasteiger charge is -2.16. The first-order chi connectivity index (χ1) is 11.1. The van der Waals surface area contributed by atoms with Crippen LogP contribution in [-0.4, -0.2) is 27.3 Å². The lowest BCUT2D eigenvalue weighted by atomic mass is 10.1. The number of hydrogen-bond donors (Lipinski definition) is 1. The third-order valence-electron chi connectivity index (χ3n) is 4.10. The van der Waals surface area contributed by atoms with Crippen molar-refractivity contribution in [2.45, 2.75) is 6.42 Å². The molecule has 0 unspecified atom stereocenters. The van der Waals surface area contributed by atoms with Gasteiger partial charge in [-0.25, -0.2) is 4.98 Å². The van der Waals surface area contributed by atoms with Crippen molar-refractivity contribution in [2.75, 3.05) is 11.4 Å². The lowest BCUT2D eigenvalue weighted by Crippen LogP contribution is -2.28. The molecule has 3 heterocycles. The van der Waals surface area contributed by atoms with Crippen LogP contribution in [-0.2, 0) is 6.42 Å². The van der Waals surface area contributed by atoms with Crippen LogP contribution in [0, 0.1) is 10.1 Å². The molecule has 1 aromatic carbocycles. The highest BCUT2D eigenvalue weighted by Crippen LogP contribution is 2.33. The molecule has 1 amide bonds. The van der Waals surface area contributed by atoms with Crippen molar-refractivity contribution >= 4 is 28.3 Å². The molecule has 0 radical (unpaired) electrons. The van der Waals surface area contributed by atoms with Gasteiger partial charge in [-0.3, -0.25) is 14.9 Å². The number of hydrogen-bond acceptors (Lipinski definition) is 4. The van der Waals surface area contributed by atoms with Crippen LogP contribution in [0.15, 0.2) is 42.7 Å². The van der Waals surface area contributed by atoms with Crippen molar-refractivity contribution in [3.8, 4) is 0 Å². The van der Waals surface area contributed by atoms with Crippen LogP contribution in [0.4, 0.5) is 11.4 Å². The second-order valence-corrected chi connectivity index (χ2v) is 5.38. The van der Waals surface area contributed by atoms with Gasteiger partial charge in [0.15, 0.2) is 0 Å². The maximum Gasteiger partial charge on any atom is 0.269 e. The first-order valence-corrected chi connectivity index (χ1v) is 7.16. The van der Waals surface area contributed by atoms with Crippen molar-refractivity contribution < 1.29 is 9.72 Å². The Kier molecular flexibility index (Phi) is 2.87. The van der Waals surface area contributed by atoms with Crippen LogP contribution in [0.1, 0.15) is 15.9 Å². The average molecular weight is 308 g/mol. The normalized spacial score (nSPS) is 13.3. The Morgan fingerprint density at radius 3 is 3.04 bits per heavy atom. The molecule has 1 N–H and O–H groups in total. The summed E-state index contributed by atoms with van der Waals surface area (Å²) in [6, 6.07) is 8.25. The molecule has 23 heavy (non-hydrogen) atoms. The summed E-state index contributed by atoms with van der Waals surface area (Å²) in [6.45, 7) is 0.516. The van der Waals surface area contributed by atoms with Gasteiger partial charge in [0.2, 0.25) is 0 Å². The van der Waals surface area contributed by atoms with E-state index < -0.39 is 4.92 Å². The summed E-state index contributed by atoms with van der Waals surface area (Å²) in [6.07, 6.45) is 3.93. The summed E-state index contributed by atoms with van der Waals surface area (Å²) in [4.78, 5) is 32.1. The smallest absolute Gasteiger partial charge is 0.269 e.